The van der Waals surface area contributed by atoms with Crippen molar-refractivity contribution in [3.05, 3.63) is 52.5 Å². The van der Waals surface area contributed by atoms with Crippen molar-refractivity contribution in [2.24, 2.45) is 5.92 Å². The van der Waals surface area contributed by atoms with E-state index in [1.807, 2.05) is 35.6 Å². The van der Waals surface area contributed by atoms with Gasteiger partial charge in [-0.15, -0.1) is 11.3 Å². The maximum atomic E-state index is 12.4. The summed E-state index contributed by atoms with van der Waals surface area (Å²) >= 11 is 1.81. The Morgan fingerprint density at radius 3 is 3.04 bits per heavy atom. The number of carbonyl (C=O) groups is 1. The number of carbonyl (C=O) groups excluding carboxylic acids is 1. The number of nitrogens with one attached hydrogen (secondary N) is 2. The van der Waals surface area contributed by atoms with Crippen molar-refractivity contribution in [3.8, 4) is 0 Å². The van der Waals surface area contributed by atoms with Crippen molar-refractivity contribution in [2.45, 2.75) is 31.7 Å². The monoisotopic (exact) mass is 382 g/mol. The average molecular weight is 383 g/mol. The van der Waals surface area contributed by atoms with Crippen LogP contribution in [0, 0.1) is 5.92 Å². The summed E-state index contributed by atoms with van der Waals surface area (Å²) in [6, 6.07) is 12.7. The van der Waals surface area contributed by atoms with Crippen LogP contribution in [0.3, 0.4) is 0 Å². The third-order valence-electron chi connectivity index (χ3n) is 5.43. The van der Waals surface area contributed by atoms with Crippen LogP contribution in [0.2, 0.25) is 0 Å². The summed E-state index contributed by atoms with van der Waals surface area (Å²) in [5.74, 6) is 1.45. The molecule has 0 radical (unpaired) electrons. The molecule has 6 heteroatoms. The van der Waals surface area contributed by atoms with Crippen LogP contribution in [0.15, 0.2) is 41.8 Å². The van der Waals surface area contributed by atoms with E-state index >= 15 is 0 Å². The van der Waals surface area contributed by atoms with E-state index in [1.54, 1.807) is 0 Å². The molecule has 1 saturated heterocycles. The number of amides is 1. The molecule has 1 fully saturated rings. The number of nitrogens with zero attached hydrogens (tertiary/aromatic N) is 2. The second-order valence-corrected chi connectivity index (χ2v) is 8.33. The molecule has 27 heavy (non-hydrogen) atoms. The van der Waals surface area contributed by atoms with E-state index in [-0.39, 0.29) is 5.91 Å². The number of piperidine rings is 1. The molecule has 2 atom stereocenters. The van der Waals surface area contributed by atoms with Crippen LogP contribution in [0.1, 0.15) is 36.0 Å². The van der Waals surface area contributed by atoms with Gasteiger partial charge in [-0.2, -0.15) is 0 Å². The van der Waals surface area contributed by atoms with Gasteiger partial charge in [-0.1, -0.05) is 18.2 Å². The predicted molar refractivity (Wildman–Crippen MR) is 110 cm³/mol. The molecular formula is C21H26N4OS. The van der Waals surface area contributed by atoms with Gasteiger partial charge in [0, 0.05) is 30.3 Å². The highest BCUT2D eigenvalue weighted by molar-refractivity contribution is 7.10. The standard InChI is InChI=1S/C21H26N4OS/c1-25-12-4-6-15(21(25)18-9-5-13-27-18)14-22-20(26)11-10-19-23-16-7-2-3-8-17(16)24-19/h2-3,5,7-9,13,15,21H,4,6,10-12,14H2,1H3,(H,22,26)(H,23,24). The van der Waals surface area contributed by atoms with Gasteiger partial charge in [0.2, 0.25) is 5.91 Å². The van der Waals surface area contributed by atoms with Crippen LogP contribution in [-0.2, 0) is 11.2 Å². The number of hydrogen-bond donors (Lipinski definition) is 2. The Hall–Kier alpha value is -2.18. The van der Waals surface area contributed by atoms with Gasteiger partial charge in [-0.05, 0) is 55.9 Å². The van der Waals surface area contributed by atoms with Crippen molar-refractivity contribution in [1.82, 2.24) is 20.2 Å². The smallest absolute Gasteiger partial charge is 0.220 e. The Kier molecular flexibility index (Phi) is 5.55. The number of aromatic amines is 1. The van der Waals surface area contributed by atoms with Gasteiger partial charge in [-0.25, -0.2) is 4.98 Å². The Labute approximate surface area is 163 Å². The Morgan fingerprint density at radius 2 is 2.22 bits per heavy atom. The highest BCUT2D eigenvalue weighted by atomic mass is 32.1. The fraction of sp³-hybridized carbons (Fsp3) is 0.429. The van der Waals surface area contributed by atoms with Gasteiger partial charge in [0.15, 0.2) is 0 Å². The summed E-state index contributed by atoms with van der Waals surface area (Å²) in [4.78, 5) is 24.1. The maximum absolute atomic E-state index is 12.4. The number of rotatable bonds is 6. The number of imidazole rings is 1. The SMILES string of the molecule is CN1CCCC(CNC(=O)CCc2nc3ccccc3[nH]2)C1c1cccs1. The minimum absolute atomic E-state index is 0.105. The highest BCUT2D eigenvalue weighted by Crippen LogP contribution is 2.36. The largest absolute Gasteiger partial charge is 0.356 e. The lowest BCUT2D eigenvalue weighted by molar-refractivity contribution is -0.121. The van der Waals surface area contributed by atoms with Crippen molar-refractivity contribution >= 4 is 28.3 Å². The van der Waals surface area contributed by atoms with Gasteiger partial charge in [0.05, 0.1) is 11.0 Å². The van der Waals surface area contributed by atoms with E-state index in [0.29, 0.717) is 24.8 Å². The summed E-state index contributed by atoms with van der Waals surface area (Å²) in [7, 11) is 2.19. The van der Waals surface area contributed by atoms with Crippen molar-refractivity contribution in [3.63, 3.8) is 0 Å². The number of aromatic nitrogens is 2. The van der Waals surface area contributed by atoms with Crippen LogP contribution in [0.25, 0.3) is 11.0 Å². The zero-order valence-corrected chi connectivity index (χ0v) is 16.5. The first kappa shape index (κ1) is 18.2. The second-order valence-electron chi connectivity index (χ2n) is 7.35. The molecule has 0 spiro atoms. The number of H-pyrrole nitrogens is 1. The molecule has 1 aliphatic rings. The van der Waals surface area contributed by atoms with E-state index < -0.39 is 0 Å². The molecule has 0 aliphatic carbocycles. The van der Waals surface area contributed by atoms with Crippen LogP contribution < -0.4 is 5.32 Å². The normalized spacial score (nSPS) is 20.8. The Balaban J connectivity index is 1.31. The minimum atomic E-state index is 0.105. The van der Waals surface area contributed by atoms with Crippen LogP contribution in [0.4, 0.5) is 0 Å². The lowest BCUT2D eigenvalue weighted by Crippen LogP contribution is -2.41. The van der Waals surface area contributed by atoms with Crippen molar-refractivity contribution in [2.75, 3.05) is 20.1 Å². The first-order chi connectivity index (χ1) is 13.2. The van der Waals surface area contributed by atoms with Gasteiger partial charge < -0.3 is 10.3 Å². The zero-order chi connectivity index (χ0) is 18.6. The Morgan fingerprint density at radius 1 is 1.33 bits per heavy atom. The Bertz CT molecular complexity index is 856. The predicted octanol–water partition coefficient (Wildman–Crippen LogP) is 3.76. The van der Waals surface area contributed by atoms with E-state index in [1.165, 1.54) is 11.3 Å². The van der Waals surface area contributed by atoms with Crippen molar-refractivity contribution < 1.29 is 4.79 Å². The molecule has 2 aromatic heterocycles. The van der Waals surface area contributed by atoms with Crippen LogP contribution in [0.5, 0.6) is 0 Å². The molecule has 2 N–H and O–H groups in total. The van der Waals surface area contributed by atoms with E-state index in [9.17, 15) is 4.79 Å². The van der Waals surface area contributed by atoms with Crippen molar-refractivity contribution in [1.29, 1.82) is 0 Å². The van der Waals surface area contributed by atoms with Crippen LogP contribution in [-0.4, -0.2) is 40.9 Å². The zero-order valence-electron chi connectivity index (χ0n) is 15.6. The number of benzene rings is 1. The first-order valence-corrected chi connectivity index (χ1v) is 10.5. The summed E-state index contributed by atoms with van der Waals surface area (Å²) in [6.07, 6.45) is 3.46. The lowest BCUT2D eigenvalue weighted by atomic mass is 9.88. The molecule has 3 heterocycles. The summed E-state index contributed by atoms with van der Waals surface area (Å²) in [5, 5.41) is 5.31. The fourth-order valence-corrected chi connectivity index (χ4v) is 5.06. The molecule has 1 amide bonds. The lowest BCUT2D eigenvalue weighted by Gasteiger charge is -2.38. The van der Waals surface area contributed by atoms with E-state index in [0.717, 1.165) is 36.4 Å². The topological polar surface area (TPSA) is 61.0 Å². The summed E-state index contributed by atoms with van der Waals surface area (Å²) < 4.78 is 0. The molecule has 4 rings (SSSR count). The third-order valence-corrected chi connectivity index (χ3v) is 6.37. The number of likely N-dealkylation sites (tertiary alicyclic amines) is 1. The van der Waals surface area contributed by atoms with E-state index in [2.05, 4.69) is 44.7 Å². The number of thiophene rings is 1. The number of fused-ring (bicyclic) bond motifs is 1. The molecule has 1 aliphatic heterocycles. The molecule has 3 aromatic rings. The van der Waals surface area contributed by atoms with Gasteiger partial charge >= 0.3 is 0 Å². The van der Waals surface area contributed by atoms with Gasteiger partial charge in [0.1, 0.15) is 5.82 Å². The quantitative estimate of drug-likeness (QED) is 0.682. The molecule has 142 valence electrons. The number of para-hydroxylation sites is 2. The first-order valence-electron chi connectivity index (χ1n) is 9.64. The molecule has 2 unspecified atom stereocenters. The fourth-order valence-electron chi connectivity index (χ4n) is 4.07. The minimum Gasteiger partial charge on any atom is -0.356 e. The van der Waals surface area contributed by atoms with Crippen LogP contribution >= 0.6 is 11.3 Å². The number of aryl methyl sites for hydroxylation is 1. The summed E-state index contributed by atoms with van der Waals surface area (Å²) in [5.41, 5.74) is 1.98. The van der Waals surface area contributed by atoms with Gasteiger partial charge in [-0.3, -0.25) is 9.69 Å². The molecule has 1 aromatic carbocycles. The molecule has 0 bridgehead atoms. The average Bonchev–Trinajstić information content (AvgIpc) is 3.34. The third kappa shape index (κ3) is 4.22. The van der Waals surface area contributed by atoms with E-state index in [4.69, 9.17) is 0 Å². The van der Waals surface area contributed by atoms with Gasteiger partial charge in [0.25, 0.3) is 0 Å². The molecular weight excluding hydrogens is 356 g/mol. The second kappa shape index (κ2) is 8.23. The maximum Gasteiger partial charge on any atom is 0.220 e. The number of hydrogen-bond acceptors (Lipinski definition) is 4. The molecule has 0 saturated carbocycles. The summed E-state index contributed by atoms with van der Waals surface area (Å²) in [6.45, 7) is 1.87. The highest BCUT2D eigenvalue weighted by Gasteiger charge is 2.31. The molecule has 5 nitrogen and oxygen atoms in total.